The lowest BCUT2D eigenvalue weighted by Crippen LogP contribution is -2.35. The number of aliphatic hydroxyl groups is 1. The zero-order valence-corrected chi connectivity index (χ0v) is 9.95. The van der Waals surface area contributed by atoms with E-state index in [2.05, 4.69) is 4.72 Å². The Kier molecular flexibility index (Phi) is 4.48. The molecule has 0 spiro atoms. The topological polar surface area (TPSA) is 88.8 Å². The molecule has 1 aromatic rings. The molecule has 0 aliphatic carbocycles. The highest BCUT2D eigenvalue weighted by Gasteiger charge is 2.20. The minimum atomic E-state index is -3.68. The first kappa shape index (κ1) is 13.2. The molecule has 1 unspecified atom stereocenters. The fourth-order valence-electron chi connectivity index (χ4n) is 1.19. The molecular formula is C9H15NO5S. The van der Waals surface area contributed by atoms with E-state index < -0.39 is 10.0 Å². The van der Waals surface area contributed by atoms with Crippen molar-refractivity contribution in [2.24, 2.45) is 0 Å². The van der Waals surface area contributed by atoms with E-state index in [9.17, 15) is 8.42 Å². The molecular weight excluding hydrogens is 234 g/mol. The molecule has 0 aromatic carbocycles. The third kappa shape index (κ3) is 3.31. The van der Waals surface area contributed by atoms with Crippen LogP contribution >= 0.6 is 0 Å². The molecule has 1 atom stereocenters. The Labute approximate surface area is 94.3 Å². The lowest BCUT2D eigenvalue weighted by molar-refractivity contribution is 0.180. The van der Waals surface area contributed by atoms with E-state index in [0.29, 0.717) is 0 Å². The second-order valence-corrected chi connectivity index (χ2v) is 5.00. The first-order valence-electron chi connectivity index (χ1n) is 4.70. The summed E-state index contributed by atoms with van der Waals surface area (Å²) in [6.45, 7) is 1.62. The van der Waals surface area contributed by atoms with Crippen molar-refractivity contribution in [3.63, 3.8) is 0 Å². The summed E-state index contributed by atoms with van der Waals surface area (Å²) in [4.78, 5) is 0. The highest BCUT2D eigenvalue weighted by atomic mass is 32.2. The number of ether oxygens (including phenoxy) is 1. The van der Waals surface area contributed by atoms with Gasteiger partial charge in [0, 0.05) is 13.2 Å². The zero-order valence-electron chi connectivity index (χ0n) is 9.13. The molecule has 1 aromatic heterocycles. The molecule has 92 valence electrons. The van der Waals surface area contributed by atoms with Crippen LogP contribution in [0.1, 0.15) is 12.7 Å². The van der Waals surface area contributed by atoms with Gasteiger partial charge in [0.1, 0.15) is 12.4 Å². The van der Waals surface area contributed by atoms with Crippen LogP contribution in [0.5, 0.6) is 0 Å². The number of rotatable bonds is 6. The molecule has 16 heavy (non-hydrogen) atoms. The van der Waals surface area contributed by atoms with Gasteiger partial charge in [-0.05, 0) is 19.1 Å². The van der Waals surface area contributed by atoms with E-state index in [4.69, 9.17) is 14.3 Å². The molecule has 0 bridgehead atoms. The minimum Gasteiger partial charge on any atom is -0.446 e. The van der Waals surface area contributed by atoms with Gasteiger partial charge in [0.15, 0.2) is 0 Å². The molecule has 0 amide bonds. The van der Waals surface area contributed by atoms with Crippen molar-refractivity contribution in [1.29, 1.82) is 0 Å². The summed E-state index contributed by atoms with van der Waals surface area (Å²) in [5.74, 6) is 0.208. The maximum atomic E-state index is 11.7. The van der Waals surface area contributed by atoms with E-state index in [0.717, 1.165) is 0 Å². The normalized spacial score (nSPS) is 13.9. The van der Waals surface area contributed by atoms with Crippen LogP contribution in [-0.2, 0) is 21.4 Å². The Morgan fingerprint density at radius 1 is 1.56 bits per heavy atom. The van der Waals surface area contributed by atoms with Gasteiger partial charge in [-0.3, -0.25) is 0 Å². The lowest BCUT2D eigenvalue weighted by Gasteiger charge is -2.11. The van der Waals surface area contributed by atoms with Gasteiger partial charge in [-0.25, -0.2) is 13.1 Å². The summed E-state index contributed by atoms with van der Waals surface area (Å²) in [5, 5.41) is 8.55. The first-order valence-corrected chi connectivity index (χ1v) is 6.18. The van der Waals surface area contributed by atoms with Crippen LogP contribution in [0.4, 0.5) is 0 Å². The Bertz CT molecular complexity index is 425. The molecule has 0 fully saturated rings. The largest absolute Gasteiger partial charge is 0.446 e. The number of methoxy groups -OCH3 is 1. The summed E-state index contributed by atoms with van der Waals surface area (Å²) in [7, 11) is -2.19. The van der Waals surface area contributed by atoms with Crippen molar-refractivity contribution < 1.29 is 22.7 Å². The number of hydrogen-bond acceptors (Lipinski definition) is 5. The quantitative estimate of drug-likeness (QED) is 0.745. The van der Waals surface area contributed by atoms with Crippen LogP contribution in [0.25, 0.3) is 0 Å². The summed E-state index contributed by atoms with van der Waals surface area (Å²) >= 11 is 0. The predicted octanol–water partition coefficient (Wildman–Crippen LogP) is 0.0851. The van der Waals surface area contributed by atoms with Crippen LogP contribution in [0.15, 0.2) is 21.6 Å². The Balaban J connectivity index is 2.77. The molecule has 0 aliphatic heterocycles. The Hall–Kier alpha value is -0.890. The van der Waals surface area contributed by atoms with Crippen LogP contribution in [0, 0.1) is 0 Å². The fraction of sp³-hybridized carbons (Fsp3) is 0.556. The molecule has 1 heterocycles. The molecule has 2 N–H and O–H groups in total. The van der Waals surface area contributed by atoms with Gasteiger partial charge in [0.2, 0.25) is 5.09 Å². The van der Waals surface area contributed by atoms with Crippen molar-refractivity contribution in [3.8, 4) is 0 Å². The average molecular weight is 249 g/mol. The monoisotopic (exact) mass is 249 g/mol. The molecule has 0 saturated carbocycles. The van der Waals surface area contributed by atoms with Crippen LogP contribution in [0.2, 0.25) is 0 Å². The van der Waals surface area contributed by atoms with Gasteiger partial charge in [0.05, 0.1) is 6.61 Å². The van der Waals surface area contributed by atoms with E-state index in [-0.39, 0.29) is 30.1 Å². The van der Waals surface area contributed by atoms with Crippen molar-refractivity contribution >= 4 is 10.0 Å². The van der Waals surface area contributed by atoms with Gasteiger partial charge in [-0.2, -0.15) is 0 Å². The smallest absolute Gasteiger partial charge is 0.274 e. The Morgan fingerprint density at radius 2 is 2.25 bits per heavy atom. The van der Waals surface area contributed by atoms with Gasteiger partial charge in [0.25, 0.3) is 10.0 Å². The predicted molar refractivity (Wildman–Crippen MR) is 56.3 cm³/mol. The SMILES string of the molecule is COCC(C)NS(=O)(=O)c1ccc(CO)o1. The first-order chi connectivity index (χ1) is 7.49. The second-order valence-electron chi connectivity index (χ2n) is 3.36. The maximum absolute atomic E-state index is 11.7. The number of sulfonamides is 1. The highest BCUT2D eigenvalue weighted by Crippen LogP contribution is 2.13. The summed E-state index contributed by atoms with van der Waals surface area (Å²) in [6.07, 6.45) is 0. The van der Waals surface area contributed by atoms with E-state index in [1.807, 2.05) is 0 Å². The number of aliphatic hydroxyl groups excluding tert-OH is 1. The molecule has 6 nitrogen and oxygen atoms in total. The molecule has 0 saturated heterocycles. The summed E-state index contributed by atoms with van der Waals surface area (Å²) in [5.41, 5.74) is 0. The van der Waals surface area contributed by atoms with Crippen molar-refractivity contribution in [2.75, 3.05) is 13.7 Å². The van der Waals surface area contributed by atoms with Crippen molar-refractivity contribution in [1.82, 2.24) is 4.72 Å². The second kappa shape index (κ2) is 5.44. The molecule has 1 rings (SSSR count). The third-order valence-electron chi connectivity index (χ3n) is 1.83. The van der Waals surface area contributed by atoms with Gasteiger partial charge < -0.3 is 14.3 Å². The molecule has 0 aliphatic rings. The van der Waals surface area contributed by atoms with Crippen LogP contribution < -0.4 is 4.72 Å². The summed E-state index contributed by atoms with van der Waals surface area (Å²) < 4.78 is 35.5. The van der Waals surface area contributed by atoms with Crippen molar-refractivity contribution in [3.05, 3.63) is 17.9 Å². The van der Waals surface area contributed by atoms with E-state index in [1.165, 1.54) is 19.2 Å². The number of nitrogens with one attached hydrogen (secondary N) is 1. The highest BCUT2D eigenvalue weighted by molar-refractivity contribution is 7.89. The zero-order chi connectivity index (χ0) is 12.2. The molecule has 7 heteroatoms. The third-order valence-corrected chi connectivity index (χ3v) is 3.29. The van der Waals surface area contributed by atoms with Gasteiger partial charge >= 0.3 is 0 Å². The lowest BCUT2D eigenvalue weighted by atomic mass is 10.4. The minimum absolute atomic E-state index is 0.208. The Morgan fingerprint density at radius 3 is 2.75 bits per heavy atom. The maximum Gasteiger partial charge on any atom is 0.274 e. The molecule has 0 radical (unpaired) electrons. The standard InChI is InChI=1S/C9H15NO5S/c1-7(6-14-2)10-16(12,13)9-4-3-8(5-11)15-9/h3-4,7,10-11H,5-6H2,1-2H3. The number of hydrogen-bond donors (Lipinski definition) is 2. The average Bonchev–Trinajstić information content (AvgIpc) is 2.65. The summed E-state index contributed by atoms with van der Waals surface area (Å²) in [6, 6.07) is 2.36. The van der Waals surface area contributed by atoms with Crippen LogP contribution in [0.3, 0.4) is 0 Å². The van der Waals surface area contributed by atoms with Gasteiger partial charge in [-0.15, -0.1) is 0 Å². The number of furan rings is 1. The fourth-order valence-corrected chi connectivity index (χ4v) is 2.37. The van der Waals surface area contributed by atoms with Crippen LogP contribution in [-0.4, -0.2) is 33.3 Å². The van der Waals surface area contributed by atoms with Crippen molar-refractivity contribution in [2.45, 2.75) is 24.7 Å². The van der Waals surface area contributed by atoms with Gasteiger partial charge in [-0.1, -0.05) is 0 Å². The van der Waals surface area contributed by atoms with E-state index >= 15 is 0 Å². The van der Waals surface area contributed by atoms with E-state index in [1.54, 1.807) is 6.92 Å².